The first kappa shape index (κ1) is 34.5. The molecule has 258 valence electrons. The number of piperidine rings is 1. The van der Waals surface area contributed by atoms with Gasteiger partial charge in [0.25, 0.3) is 5.91 Å². The fourth-order valence-corrected chi connectivity index (χ4v) is 5.85. The Morgan fingerprint density at radius 1 is 0.958 bits per heavy atom. The van der Waals surface area contributed by atoms with Crippen molar-refractivity contribution in [1.29, 1.82) is 0 Å². The average Bonchev–Trinajstić information content (AvgIpc) is 2.99. The third-order valence-electron chi connectivity index (χ3n) is 8.15. The lowest BCUT2D eigenvalue weighted by Crippen LogP contribution is -2.54. The van der Waals surface area contributed by atoms with E-state index in [2.05, 4.69) is 35.7 Å². The van der Waals surface area contributed by atoms with Crippen LogP contribution in [0.5, 0.6) is 0 Å². The van der Waals surface area contributed by atoms with E-state index in [9.17, 15) is 32.7 Å². The molecule has 48 heavy (non-hydrogen) atoms. The summed E-state index contributed by atoms with van der Waals surface area (Å²) in [5.74, 6) is -2.58. The van der Waals surface area contributed by atoms with Gasteiger partial charge in [-0.2, -0.15) is 13.2 Å². The highest BCUT2D eigenvalue weighted by Crippen LogP contribution is 2.37. The highest BCUT2D eigenvalue weighted by atomic mass is 19.4. The molecule has 0 unspecified atom stereocenters. The molecular weight excluding hydrogens is 633 g/mol. The molecule has 16 heteroatoms. The van der Waals surface area contributed by atoms with Crippen molar-refractivity contribution in [2.75, 3.05) is 66.7 Å². The highest BCUT2D eigenvalue weighted by Gasteiger charge is 2.45. The monoisotopic (exact) mass is 672 g/mol. The molecule has 4 heterocycles. The summed E-state index contributed by atoms with van der Waals surface area (Å²) in [6, 6.07) is 7.61. The molecule has 2 saturated heterocycles. The minimum Gasteiger partial charge on any atom is -0.465 e. The molecular formula is C32H39F3N8O5. The smallest absolute Gasteiger partial charge is 0.409 e. The number of hydrogen-bond acceptors (Lipinski definition) is 9. The van der Waals surface area contributed by atoms with Crippen LogP contribution in [0.25, 0.3) is 10.9 Å². The maximum Gasteiger partial charge on any atom is 0.409 e. The number of carboxylic acid groups (broad SMARTS) is 1. The Hall–Kier alpha value is -4.86. The molecule has 0 bridgehead atoms. The quantitative estimate of drug-likeness (QED) is 0.281. The number of alkyl carbamates (subject to hydrolysis) is 1. The molecule has 1 aromatic carbocycles. The number of pyridine rings is 2. The average molecular weight is 673 g/mol. The fourth-order valence-electron chi connectivity index (χ4n) is 5.85. The van der Waals surface area contributed by atoms with E-state index in [0.717, 1.165) is 31.9 Å². The minimum absolute atomic E-state index is 0.00613. The summed E-state index contributed by atoms with van der Waals surface area (Å²) in [6.45, 7) is 7.88. The number of carbonyl (C=O) groups is 3. The first-order chi connectivity index (χ1) is 22.6. The summed E-state index contributed by atoms with van der Waals surface area (Å²) >= 11 is 0. The molecule has 0 radical (unpaired) electrons. The Kier molecular flexibility index (Phi) is 9.84. The van der Waals surface area contributed by atoms with Gasteiger partial charge in [-0.3, -0.25) is 15.1 Å². The van der Waals surface area contributed by atoms with Gasteiger partial charge in [-0.15, -0.1) is 0 Å². The zero-order chi connectivity index (χ0) is 34.8. The Morgan fingerprint density at radius 2 is 1.69 bits per heavy atom. The van der Waals surface area contributed by atoms with Gasteiger partial charge in [0.05, 0.1) is 40.7 Å². The van der Waals surface area contributed by atoms with Gasteiger partial charge in [-0.05, 0) is 58.5 Å². The number of aromatic nitrogens is 2. The maximum absolute atomic E-state index is 14.1. The largest absolute Gasteiger partial charge is 0.465 e. The fraction of sp³-hybridized carbons (Fsp3) is 0.469. The number of nitrogens with one attached hydrogen (secondary N) is 3. The lowest BCUT2D eigenvalue weighted by molar-refractivity contribution is -0.177. The number of piperazine rings is 1. The number of fused-ring (bicyclic) bond motifs is 1. The molecule has 2 aliphatic heterocycles. The van der Waals surface area contributed by atoms with Crippen LogP contribution in [0.1, 0.15) is 37.7 Å². The second-order valence-corrected chi connectivity index (χ2v) is 13.1. The van der Waals surface area contributed by atoms with Gasteiger partial charge >= 0.3 is 18.4 Å². The van der Waals surface area contributed by atoms with E-state index in [0.29, 0.717) is 10.9 Å². The molecule has 0 spiro atoms. The molecule has 2 aromatic heterocycles. The third-order valence-corrected chi connectivity index (χ3v) is 8.15. The van der Waals surface area contributed by atoms with Crippen molar-refractivity contribution >= 4 is 51.7 Å². The van der Waals surface area contributed by atoms with Crippen LogP contribution >= 0.6 is 0 Å². The lowest BCUT2D eigenvalue weighted by atomic mass is 9.93. The van der Waals surface area contributed by atoms with Crippen LogP contribution in [0.15, 0.2) is 42.7 Å². The van der Waals surface area contributed by atoms with Crippen LogP contribution in [0.4, 0.5) is 45.5 Å². The number of benzene rings is 1. The van der Waals surface area contributed by atoms with Crippen LogP contribution in [-0.4, -0.2) is 102 Å². The molecule has 13 nitrogen and oxygen atoms in total. The summed E-state index contributed by atoms with van der Waals surface area (Å²) < 4.78 is 47.5. The van der Waals surface area contributed by atoms with Gasteiger partial charge in [-0.1, -0.05) is 6.07 Å². The molecule has 3 amide bonds. The summed E-state index contributed by atoms with van der Waals surface area (Å²) in [5.41, 5.74) is 0.529. The summed E-state index contributed by atoms with van der Waals surface area (Å²) in [6.07, 6.45) is -4.49. The maximum atomic E-state index is 14.1. The Labute approximate surface area is 275 Å². The Balaban J connectivity index is 1.44. The van der Waals surface area contributed by atoms with Crippen LogP contribution < -0.4 is 25.8 Å². The molecule has 0 aliphatic carbocycles. The van der Waals surface area contributed by atoms with Gasteiger partial charge in [0.15, 0.2) is 5.69 Å². The van der Waals surface area contributed by atoms with Gasteiger partial charge < -0.3 is 35.2 Å². The van der Waals surface area contributed by atoms with Crippen LogP contribution in [0.3, 0.4) is 0 Å². The number of nitrogens with zero attached hydrogens (tertiary/aromatic N) is 5. The Morgan fingerprint density at radius 3 is 2.35 bits per heavy atom. The number of likely N-dealkylation sites (N-methyl/N-ethyl adjacent to an activating group) is 1. The van der Waals surface area contributed by atoms with Crippen molar-refractivity contribution in [2.24, 2.45) is 5.92 Å². The van der Waals surface area contributed by atoms with Crippen molar-refractivity contribution in [2.45, 2.75) is 45.0 Å². The number of anilines is 4. The molecule has 5 rings (SSSR count). The van der Waals surface area contributed by atoms with Crippen molar-refractivity contribution in [1.82, 2.24) is 20.2 Å². The first-order valence-corrected chi connectivity index (χ1v) is 15.5. The third kappa shape index (κ3) is 8.53. The van der Waals surface area contributed by atoms with Crippen LogP contribution in [0.2, 0.25) is 0 Å². The number of halogens is 3. The van der Waals surface area contributed by atoms with Crippen molar-refractivity contribution in [3.05, 3.63) is 48.4 Å². The topological polar surface area (TPSA) is 152 Å². The summed E-state index contributed by atoms with van der Waals surface area (Å²) in [5, 5.41) is 17.6. The second-order valence-electron chi connectivity index (χ2n) is 13.1. The number of hydrogen-bond donors (Lipinski definition) is 4. The van der Waals surface area contributed by atoms with Crippen molar-refractivity contribution < 1.29 is 37.4 Å². The predicted molar refractivity (Wildman–Crippen MR) is 175 cm³/mol. The predicted octanol–water partition coefficient (Wildman–Crippen LogP) is 5.01. The van der Waals surface area contributed by atoms with Crippen molar-refractivity contribution in [3.63, 3.8) is 0 Å². The molecule has 2 atom stereocenters. The van der Waals surface area contributed by atoms with E-state index < -0.39 is 48.4 Å². The zero-order valence-corrected chi connectivity index (χ0v) is 27.1. The number of amides is 3. The zero-order valence-electron chi connectivity index (χ0n) is 27.1. The first-order valence-electron chi connectivity index (χ1n) is 15.5. The number of carbonyl (C=O) groups excluding carboxylic acids is 2. The van der Waals surface area contributed by atoms with E-state index >= 15 is 0 Å². The van der Waals surface area contributed by atoms with Crippen molar-refractivity contribution in [3.8, 4) is 0 Å². The van der Waals surface area contributed by atoms with Gasteiger partial charge in [0.2, 0.25) is 0 Å². The van der Waals surface area contributed by atoms with Crippen LogP contribution in [-0.2, 0) is 4.74 Å². The molecule has 2 fully saturated rings. The van der Waals surface area contributed by atoms with E-state index in [4.69, 9.17) is 4.74 Å². The molecule has 3 aromatic rings. The number of ether oxygens (including phenoxy) is 1. The number of rotatable bonds is 6. The van der Waals surface area contributed by atoms with Crippen LogP contribution in [0, 0.1) is 5.92 Å². The number of alkyl halides is 3. The SMILES string of the molecule is CN1CCN(c2ccc3cc(NC(=O)O)c(C(=O)Nc4cnccc4N4C[C@@H](NC(=O)OC(C)(C)C)C[C@@H](C(F)(F)F)C4)nc3c2)CC1. The molecule has 4 N–H and O–H groups in total. The minimum atomic E-state index is -4.56. The summed E-state index contributed by atoms with van der Waals surface area (Å²) in [7, 11) is 2.05. The Bertz CT molecular complexity index is 1670. The lowest BCUT2D eigenvalue weighted by Gasteiger charge is -2.40. The standard InChI is InChI=1S/C32H39F3N8O5/c1-31(2,3)48-30(47)37-21-14-20(32(33,34)35)17-43(18-21)26-7-8-36-16-25(26)39-28(44)27-24(40-29(45)46)13-19-5-6-22(15-23(19)38-27)42-11-9-41(4)10-12-42/h5-8,13,15-16,20-21,40H,9-12,14,17-18H2,1-4H3,(H,37,47)(H,39,44)(H,45,46)/t20-,21+/m1/s1. The highest BCUT2D eigenvalue weighted by molar-refractivity contribution is 6.11. The normalized spacial score (nSPS) is 19.1. The van der Waals surface area contributed by atoms with Gasteiger partial charge in [0, 0.05) is 56.5 Å². The van der Waals surface area contributed by atoms with Gasteiger partial charge in [0.1, 0.15) is 5.60 Å². The second kappa shape index (κ2) is 13.7. The van der Waals surface area contributed by atoms with E-state index in [1.54, 1.807) is 26.8 Å². The summed E-state index contributed by atoms with van der Waals surface area (Å²) in [4.78, 5) is 52.3. The van der Waals surface area contributed by atoms with E-state index in [1.807, 2.05) is 19.2 Å². The molecule has 0 saturated carbocycles. The van der Waals surface area contributed by atoms with E-state index in [-0.39, 0.29) is 35.7 Å². The van der Waals surface area contributed by atoms with Gasteiger partial charge in [-0.25, -0.2) is 14.6 Å². The van der Waals surface area contributed by atoms with E-state index in [1.165, 1.54) is 29.4 Å². The molecule has 2 aliphatic rings.